The molecule has 0 fully saturated rings. The smallest absolute Gasteiger partial charge is 0.342 e. The standard InChI is InChI=1S/C17H15ClN4O4S/c1-11-19-9-15(22(24)25)21(11)6-7-26-16(23)8-12-10-27-17(20-12)13-4-2-3-5-14(13)18/h2-5,9-10H,6-8H2,1H3. The lowest BCUT2D eigenvalue weighted by Gasteiger charge is -2.04. The van der Waals surface area contributed by atoms with Gasteiger partial charge < -0.3 is 14.9 Å². The van der Waals surface area contributed by atoms with Crippen molar-refractivity contribution in [2.24, 2.45) is 0 Å². The van der Waals surface area contributed by atoms with Crippen LogP contribution in [0, 0.1) is 17.0 Å². The molecule has 0 saturated carbocycles. The lowest BCUT2D eigenvalue weighted by Crippen LogP contribution is -2.15. The third kappa shape index (κ3) is 4.50. The largest absolute Gasteiger partial charge is 0.461 e. The first kappa shape index (κ1) is 19.0. The highest BCUT2D eigenvalue weighted by molar-refractivity contribution is 7.13. The van der Waals surface area contributed by atoms with Gasteiger partial charge in [-0.15, -0.1) is 11.3 Å². The molecular formula is C17H15ClN4O4S. The number of halogens is 1. The van der Waals surface area contributed by atoms with Crippen molar-refractivity contribution >= 4 is 34.7 Å². The number of esters is 1. The van der Waals surface area contributed by atoms with Crippen molar-refractivity contribution in [2.75, 3.05) is 6.61 Å². The number of aromatic nitrogens is 3. The van der Waals surface area contributed by atoms with E-state index >= 15 is 0 Å². The Kier molecular flexibility index (Phi) is 5.82. The van der Waals surface area contributed by atoms with Gasteiger partial charge in [0.1, 0.15) is 24.4 Å². The van der Waals surface area contributed by atoms with E-state index < -0.39 is 10.9 Å². The van der Waals surface area contributed by atoms with Gasteiger partial charge in [-0.1, -0.05) is 29.8 Å². The summed E-state index contributed by atoms with van der Waals surface area (Å²) in [5.41, 5.74) is 1.40. The summed E-state index contributed by atoms with van der Waals surface area (Å²) >= 11 is 7.56. The molecule has 140 valence electrons. The molecule has 0 atom stereocenters. The first-order valence-electron chi connectivity index (χ1n) is 7.97. The maximum absolute atomic E-state index is 12.0. The number of carbonyl (C=O) groups is 1. The summed E-state index contributed by atoms with van der Waals surface area (Å²) in [6.45, 7) is 1.83. The average molecular weight is 407 g/mol. The fraction of sp³-hybridized carbons (Fsp3) is 0.235. The van der Waals surface area contributed by atoms with E-state index in [9.17, 15) is 14.9 Å². The van der Waals surface area contributed by atoms with Crippen molar-refractivity contribution in [2.45, 2.75) is 19.9 Å². The van der Waals surface area contributed by atoms with Crippen molar-refractivity contribution in [1.29, 1.82) is 0 Å². The van der Waals surface area contributed by atoms with Crippen molar-refractivity contribution in [3.8, 4) is 10.6 Å². The van der Waals surface area contributed by atoms with Crippen molar-refractivity contribution in [1.82, 2.24) is 14.5 Å². The number of thiazole rings is 1. The van der Waals surface area contributed by atoms with Gasteiger partial charge in [-0.3, -0.25) is 4.79 Å². The molecule has 0 aliphatic heterocycles. The second-order valence-electron chi connectivity index (χ2n) is 5.59. The molecule has 3 aromatic rings. The van der Waals surface area contributed by atoms with Gasteiger partial charge in [0.05, 0.1) is 17.1 Å². The highest BCUT2D eigenvalue weighted by Crippen LogP contribution is 2.30. The molecule has 3 rings (SSSR count). The van der Waals surface area contributed by atoms with Crippen LogP contribution >= 0.6 is 22.9 Å². The highest BCUT2D eigenvalue weighted by Gasteiger charge is 2.18. The Morgan fingerprint density at radius 3 is 2.93 bits per heavy atom. The summed E-state index contributed by atoms with van der Waals surface area (Å²) < 4.78 is 6.57. The van der Waals surface area contributed by atoms with Crippen LogP contribution in [0.3, 0.4) is 0 Å². The molecule has 10 heteroatoms. The zero-order chi connectivity index (χ0) is 19.4. The quantitative estimate of drug-likeness (QED) is 0.337. The molecular weight excluding hydrogens is 392 g/mol. The van der Waals surface area contributed by atoms with E-state index in [1.165, 1.54) is 22.1 Å². The second-order valence-corrected chi connectivity index (χ2v) is 6.86. The monoisotopic (exact) mass is 406 g/mol. The Hall–Kier alpha value is -2.78. The molecule has 2 heterocycles. The Balaban J connectivity index is 1.56. The van der Waals surface area contributed by atoms with Gasteiger partial charge in [-0.25, -0.2) is 14.5 Å². The fourth-order valence-electron chi connectivity index (χ4n) is 2.47. The number of carbonyl (C=O) groups excluding carboxylic acids is 1. The molecule has 8 nitrogen and oxygen atoms in total. The SMILES string of the molecule is Cc1ncc([N+](=O)[O-])n1CCOC(=O)Cc1csc(-c2ccccc2Cl)n1. The second kappa shape index (κ2) is 8.28. The number of nitrogens with zero attached hydrogens (tertiary/aromatic N) is 4. The summed E-state index contributed by atoms with van der Waals surface area (Å²) in [6.07, 6.45) is 1.20. The number of imidazole rings is 1. The van der Waals surface area contributed by atoms with Gasteiger partial charge in [0.2, 0.25) is 0 Å². The Morgan fingerprint density at radius 1 is 1.41 bits per heavy atom. The molecule has 0 spiro atoms. The highest BCUT2D eigenvalue weighted by atomic mass is 35.5. The van der Waals surface area contributed by atoms with Crippen LogP contribution in [-0.2, 0) is 22.5 Å². The number of nitro groups is 1. The third-order valence-electron chi connectivity index (χ3n) is 3.78. The van der Waals surface area contributed by atoms with E-state index in [1.54, 1.807) is 18.4 Å². The molecule has 0 amide bonds. The molecule has 0 saturated heterocycles. The van der Waals surface area contributed by atoms with Crippen LogP contribution in [0.4, 0.5) is 5.82 Å². The van der Waals surface area contributed by atoms with Crippen LogP contribution in [0.25, 0.3) is 10.6 Å². The number of benzene rings is 1. The molecule has 0 aliphatic carbocycles. The zero-order valence-electron chi connectivity index (χ0n) is 14.3. The maximum Gasteiger partial charge on any atom is 0.342 e. The van der Waals surface area contributed by atoms with Gasteiger partial charge in [0.15, 0.2) is 5.82 Å². The summed E-state index contributed by atoms with van der Waals surface area (Å²) in [5, 5.41) is 14.0. The molecule has 0 aliphatic rings. The summed E-state index contributed by atoms with van der Waals surface area (Å²) in [6, 6.07) is 7.35. The van der Waals surface area contributed by atoms with E-state index in [-0.39, 0.29) is 25.4 Å². The Morgan fingerprint density at radius 2 is 2.19 bits per heavy atom. The van der Waals surface area contributed by atoms with E-state index in [0.717, 1.165) is 10.6 Å². The van der Waals surface area contributed by atoms with Crippen LogP contribution in [-0.4, -0.2) is 32.0 Å². The van der Waals surface area contributed by atoms with Gasteiger partial charge in [-0.05, 0) is 11.0 Å². The summed E-state index contributed by atoms with van der Waals surface area (Å²) in [4.78, 5) is 30.8. The number of aryl methyl sites for hydroxylation is 1. The lowest BCUT2D eigenvalue weighted by molar-refractivity contribution is -0.392. The molecule has 0 radical (unpaired) electrons. The Labute approximate surface area is 163 Å². The minimum absolute atomic E-state index is 0.0123. The fourth-order valence-corrected chi connectivity index (χ4v) is 3.61. The van der Waals surface area contributed by atoms with Crippen LogP contribution in [0.5, 0.6) is 0 Å². The molecule has 0 N–H and O–H groups in total. The van der Waals surface area contributed by atoms with Gasteiger partial charge >= 0.3 is 11.8 Å². The molecule has 1 aromatic carbocycles. The number of ether oxygens (including phenoxy) is 1. The number of hydrogen-bond donors (Lipinski definition) is 0. The summed E-state index contributed by atoms with van der Waals surface area (Å²) in [5.74, 6) is -0.0968. The van der Waals surface area contributed by atoms with Crippen LogP contribution in [0.2, 0.25) is 5.02 Å². The van der Waals surface area contributed by atoms with Crippen LogP contribution in [0.1, 0.15) is 11.5 Å². The minimum Gasteiger partial charge on any atom is -0.461 e. The van der Waals surface area contributed by atoms with Gasteiger partial charge in [0, 0.05) is 17.9 Å². The topological polar surface area (TPSA) is 100 Å². The predicted octanol–water partition coefficient (Wildman–Crippen LogP) is 3.66. The molecule has 0 unspecified atom stereocenters. The van der Waals surface area contributed by atoms with Crippen LogP contribution < -0.4 is 0 Å². The minimum atomic E-state index is -0.520. The van der Waals surface area contributed by atoms with Gasteiger partial charge in [0.25, 0.3) is 0 Å². The summed E-state index contributed by atoms with van der Waals surface area (Å²) in [7, 11) is 0. The molecule has 27 heavy (non-hydrogen) atoms. The van der Waals surface area contributed by atoms with Gasteiger partial charge in [-0.2, -0.15) is 0 Å². The van der Waals surface area contributed by atoms with E-state index in [2.05, 4.69) is 9.97 Å². The lowest BCUT2D eigenvalue weighted by atomic mass is 10.2. The Bertz CT molecular complexity index is 985. The predicted molar refractivity (Wildman–Crippen MR) is 101 cm³/mol. The molecule has 2 aromatic heterocycles. The number of hydrogen-bond acceptors (Lipinski definition) is 7. The first-order chi connectivity index (χ1) is 13.0. The first-order valence-corrected chi connectivity index (χ1v) is 9.23. The van der Waals surface area contributed by atoms with Crippen molar-refractivity contribution in [3.05, 3.63) is 62.5 Å². The average Bonchev–Trinajstić information content (AvgIpc) is 3.22. The van der Waals surface area contributed by atoms with Crippen molar-refractivity contribution < 1.29 is 14.5 Å². The van der Waals surface area contributed by atoms with E-state index in [1.807, 2.05) is 18.2 Å². The normalized spacial score (nSPS) is 10.7. The van der Waals surface area contributed by atoms with Crippen molar-refractivity contribution in [3.63, 3.8) is 0 Å². The van der Waals surface area contributed by atoms with Crippen LogP contribution in [0.15, 0.2) is 35.8 Å². The molecule has 0 bridgehead atoms. The zero-order valence-corrected chi connectivity index (χ0v) is 15.9. The maximum atomic E-state index is 12.0. The third-order valence-corrected chi connectivity index (χ3v) is 5.03. The number of rotatable bonds is 7. The van der Waals surface area contributed by atoms with E-state index in [4.69, 9.17) is 16.3 Å². The van der Waals surface area contributed by atoms with E-state index in [0.29, 0.717) is 16.5 Å².